The van der Waals surface area contributed by atoms with Gasteiger partial charge in [0.1, 0.15) is 11.5 Å². The second kappa shape index (κ2) is 4.06. The molecule has 0 radical (unpaired) electrons. The molecule has 1 atom stereocenters. The van der Waals surface area contributed by atoms with Gasteiger partial charge in [0.05, 0.1) is 4.92 Å². The van der Waals surface area contributed by atoms with Crippen molar-refractivity contribution in [2.75, 3.05) is 7.11 Å². The fourth-order valence-electron chi connectivity index (χ4n) is 1.92. The minimum absolute atomic E-state index is 0.00139. The molecule has 6 heteroatoms. The van der Waals surface area contributed by atoms with Crippen LogP contribution in [0.4, 0.5) is 0 Å². The molecule has 0 aromatic heterocycles. The van der Waals surface area contributed by atoms with Gasteiger partial charge in [0.2, 0.25) is 0 Å². The Morgan fingerprint density at radius 1 is 1.41 bits per heavy atom. The zero-order valence-electron chi connectivity index (χ0n) is 9.08. The lowest BCUT2D eigenvalue weighted by Gasteiger charge is -2.20. The molecule has 1 aliphatic carbocycles. The Hall–Kier alpha value is -2.08. The first kappa shape index (κ1) is 11.4. The van der Waals surface area contributed by atoms with Gasteiger partial charge >= 0.3 is 0 Å². The van der Waals surface area contributed by atoms with E-state index in [9.17, 15) is 20.3 Å². The Morgan fingerprint density at radius 2 is 2.06 bits per heavy atom. The number of phenols is 2. The highest BCUT2D eigenvalue weighted by Gasteiger charge is 2.32. The number of fused-ring (bicyclic) bond motifs is 1. The summed E-state index contributed by atoms with van der Waals surface area (Å²) in [5.74, 6) is -0.0924. The Labute approximate surface area is 96.9 Å². The number of nitro groups is 1. The third-order valence-corrected chi connectivity index (χ3v) is 2.82. The second-order valence-electron chi connectivity index (χ2n) is 3.75. The number of benzene rings is 1. The lowest BCUT2D eigenvalue weighted by molar-refractivity contribution is -0.435. The first-order chi connectivity index (χ1) is 8.04. The summed E-state index contributed by atoms with van der Waals surface area (Å²) in [5, 5.41) is 30.1. The number of methoxy groups -OCH3 is 1. The molecule has 0 aliphatic heterocycles. The van der Waals surface area contributed by atoms with E-state index in [1.54, 1.807) is 0 Å². The average molecular weight is 237 g/mol. The maximum atomic E-state index is 10.8. The Bertz CT molecular complexity index is 509. The third kappa shape index (κ3) is 1.83. The summed E-state index contributed by atoms with van der Waals surface area (Å²) in [7, 11) is 1.37. The molecular weight excluding hydrogens is 226 g/mol. The number of ether oxygens (including phenoxy) is 1. The van der Waals surface area contributed by atoms with Gasteiger partial charge in [-0.1, -0.05) is 0 Å². The van der Waals surface area contributed by atoms with Crippen molar-refractivity contribution in [3.05, 3.63) is 39.1 Å². The van der Waals surface area contributed by atoms with E-state index in [1.807, 2.05) is 0 Å². The van der Waals surface area contributed by atoms with E-state index in [-0.39, 0.29) is 29.2 Å². The van der Waals surface area contributed by atoms with Crippen molar-refractivity contribution in [1.82, 2.24) is 0 Å². The van der Waals surface area contributed by atoms with Gasteiger partial charge in [-0.2, -0.15) is 0 Å². The summed E-state index contributed by atoms with van der Waals surface area (Å²) in [5.41, 5.74) is 0.619. The van der Waals surface area contributed by atoms with E-state index in [4.69, 9.17) is 4.74 Å². The van der Waals surface area contributed by atoms with Crippen LogP contribution in [0.25, 0.3) is 6.08 Å². The molecule has 0 saturated carbocycles. The highest BCUT2D eigenvalue weighted by Crippen LogP contribution is 2.36. The van der Waals surface area contributed by atoms with Gasteiger partial charge in [-0.05, 0) is 12.1 Å². The van der Waals surface area contributed by atoms with E-state index in [0.29, 0.717) is 5.56 Å². The van der Waals surface area contributed by atoms with Crippen LogP contribution in [-0.2, 0) is 11.2 Å². The van der Waals surface area contributed by atoms with E-state index < -0.39 is 11.0 Å². The molecule has 0 saturated heterocycles. The Balaban J connectivity index is 2.60. The van der Waals surface area contributed by atoms with Crippen molar-refractivity contribution in [3.8, 4) is 11.5 Å². The van der Waals surface area contributed by atoms with Crippen LogP contribution in [0.5, 0.6) is 11.5 Å². The molecule has 1 aromatic carbocycles. The van der Waals surface area contributed by atoms with Gasteiger partial charge in [-0.25, -0.2) is 0 Å². The SMILES string of the molecule is CO[C@H]1Cc2c(O)ccc(O)c2C=C1[N+](=O)[O-]. The Kier molecular flexibility index (Phi) is 2.72. The maximum absolute atomic E-state index is 10.8. The van der Waals surface area contributed by atoms with Crippen LogP contribution in [-0.4, -0.2) is 28.4 Å². The van der Waals surface area contributed by atoms with Crippen molar-refractivity contribution in [3.63, 3.8) is 0 Å². The summed E-state index contributed by atoms with van der Waals surface area (Å²) in [6.07, 6.45) is 0.686. The van der Waals surface area contributed by atoms with E-state index in [2.05, 4.69) is 0 Å². The summed E-state index contributed by atoms with van der Waals surface area (Å²) in [4.78, 5) is 10.3. The molecule has 1 aromatic rings. The van der Waals surface area contributed by atoms with E-state index in [1.165, 1.54) is 25.3 Å². The number of nitrogens with zero attached hydrogens (tertiary/aromatic N) is 1. The number of hydrogen-bond donors (Lipinski definition) is 2. The molecule has 0 unspecified atom stereocenters. The van der Waals surface area contributed by atoms with Crippen molar-refractivity contribution in [2.45, 2.75) is 12.5 Å². The molecule has 1 aliphatic rings. The molecule has 90 valence electrons. The molecule has 6 nitrogen and oxygen atoms in total. The van der Waals surface area contributed by atoms with Crippen LogP contribution >= 0.6 is 0 Å². The van der Waals surface area contributed by atoms with Crippen molar-refractivity contribution >= 4 is 6.08 Å². The lowest BCUT2D eigenvalue weighted by Crippen LogP contribution is -2.25. The minimum Gasteiger partial charge on any atom is -0.508 e. The standard InChI is InChI=1S/C11H11NO5/c1-17-11-5-7-6(4-8(11)12(15)16)9(13)2-3-10(7)14/h2-4,11,13-14H,5H2,1H3/t11-/m0/s1. The van der Waals surface area contributed by atoms with Gasteiger partial charge in [0, 0.05) is 30.7 Å². The Morgan fingerprint density at radius 3 is 2.65 bits per heavy atom. The fourth-order valence-corrected chi connectivity index (χ4v) is 1.92. The fraction of sp³-hybridized carbons (Fsp3) is 0.273. The van der Waals surface area contributed by atoms with Crippen molar-refractivity contribution in [1.29, 1.82) is 0 Å². The molecule has 0 fully saturated rings. The average Bonchev–Trinajstić information content (AvgIpc) is 2.32. The molecule has 0 bridgehead atoms. The second-order valence-corrected chi connectivity index (χ2v) is 3.75. The lowest BCUT2D eigenvalue weighted by atomic mass is 9.92. The van der Waals surface area contributed by atoms with Gasteiger partial charge in [-0.3, -0.25) is 10.1 Å². The number of hydrogen-bond acceptors (Lipinski definition) is 5. The van der Waals surface area contributed by atoms with Crippen LogP contribution in [0.3, 0.4) is 0 Å². The third-order valence-electron chi connectivity index (χ3n) is 2.82. The van der Waals surface area contributed by atoms with E-state index in [0.717, 1.165) is 0 Å². The first-order valence-electron chi connectivity index (χ1n) is 4.97. The normalized spacial score (nSPS) is 18.4. The maximum Gasteiger partial charge on any atom is 0.275 e. The largest absolute Gasteiger partial charge is 0.508 e. The molecular formula is C11H11NO5. The van der Waals surface area contributed by atoms with Gasteiger partial charge in [0.15, 0.2) is 6.10 Å². The van der Waals surface area contributed by atoms with Crippen LogP contribution < -0.4 is 0 Å². The van der Waals surface area contributed by atoms with Gasteiger partial charge < -0.3 is 14.9 Å². The number of phenolic OH excluding ortho intramolecular Hbond substituents is 2. The van der Waals surface area contributed by atoms with Crippen LogP contribution in [0.1, 0.15) is 11.1 Å². The predicted octanol–water partition coefficient (Wildman–Crippen LogP) is 1.29. The van der Waals surface area contributed by atoms with Crippen LogP contribution in [0, 0.1) is 10.1 Å². The van der Waals surface area contributed by atoms with Gasteiger partial charge in [0.25, 0.3) is 5.70 Å². The summed E-state index contributed by atoms with van der Waals surface area (Å²) in [6, 6.07) is 2.65. The zero-order valence-corrected chi connectivity index (χ0v) is 9.08. The highest BCUT2D eigenvalue weighted by molar-refractivity contribution is 5.68. The quantitative estimate of drug-likeness (QED) is 0.459. The molecule has 2 rings (SSSR count). The van der Waals surface area contributed by atoms with Crippen molar-refractivity contribution < 1.29 is 19.9 Å². The topological polar surface area (TPSA) is 92.8 Å². The molecule has 17 heavy (non-hydrogen) atoms. The van der Waals surface area contributed by atoms with Gasteiger partial charge in [-0.15, -0.1) is 0 Å². The van der Waals surface area contributed by atoms with Crippen LogP contribution in [0.2, 0.25) is 0 Å². The molecule has 0 spiro atoms. The number of rotatable bonds is 2. The van der Waals surface area contributed by atoms with E-state index >= 15 is 0 Å². The minimum atomic E-state index is -0.717. The highest BCUT2D eigenvalue weighted by atomic mass is 16.6. The predicted molar refractivity (Wildman–Crippen MR) is 59.2 cm³/mol. The van der Waals surface area contributed by atoms with Crippen LogP contribution in [0.15, 0.2) is 17.8 Å². The monoisotopic (exact) mass is 237 g/mol. The summed E-state index contributed by atoms with van der Waals surface area (Å²) < 4.78 is 5.01. The van der Waals surface area contributed by atoms with Crippen molar-refractivity contribution in [2.24, 2.45) is 0 Å². The molecule has 0 heterocycles. The zero-order chi connectivity index (χ0) is 12.6. The first-order valence-corrected chi connectivity index (χ1v) is 4.97. The smallest absolute Gasteiger partial charge is 0.275 e. The molecule has 0 amide bonds. The summed E-state index contributed by atoms with van der Waals surface area (Å²) >= 11 is 0. The summed E-state index contributed by atoms with van der Waals surface area (Å²) in [6.45, 7) is 0. The number of aromatic hydroxyl groups is 2. The molecule has 2 N–H and O–H groups in total.